The molecule has 3 aromatic carbocycles. The first-order chi connectivity index (χ1) is 14.6. The van der Waals surface area contributed by atoms with Crippen molar-refractivity contribution in [3.63, 3.8) is 0 Å². The molecule has 4 aromatic rings. The van der Waals surface area contributed by atoms with Crippen LogP contribution in [-0.2, 0) is 4.74 Å². The van der Waals surface area contributed by atoms with Gasteiger partial charge in [0.2, 0.25) is 0 Å². The van der Waals surface area contributed by atoms with Crippen molar-refractivity contribution < 1.29 is 14.6 Å². The summed E-state index contributed by atoms with van der Waals surface area (Å²) < 4.78 is 6.66. The van der Waals surface area contributed by atoms with Gasteiger partial charge in [-0.05, 0) is 31.0 Å². The number of phenols is 1. The Morgan fingerprint density at radius 3 is 2.30 bits per heavy atom. The van der Waals surface area contributed by atoms with E-state index in [1.54, 1.807) is 20.0 Å². The lowest BCUT2D eigenvalue weighted by Crippen LogP contribution is -2.10. The molecule has 0 aliphatic rings. The van der Waals surface area contributed by atoms with Crippen molar-refractivity contribution in [2.75, 3.05) is 6.61 Å². The minimum atomic E-state index is -0.572. The van der Waals surface area contributed by atoms with Gasteiger partial charge in [0.1, 0.15) is 16.9 Å². The second kappa shape index (κ2) is 8.21. The van der Waals surface area contributed by atoms with Crippen LogP contribution < -0.4 is 0 Å². The summed E-state index contributed by atoms with van der Waals surface area (Å²) in [5, 5.41) is 19.7. The maximum absolute atomic E-state index is 12.5. The number of nitrogens with zero attached hydrogens (tertiary/aromatic N) is 3. The standard InChI is InChI=1S/C24H21N3O3/c1-3-30-24(29)21-16(2)14-19(17-10-6-4-7-11-17)22(23(21)28)27-15-20(25-26-27)18-12-8-5-9-13-18/h4-15,28H,3H2,1-2H3. The summed E-state index contributed by atoms with van der Waals surface area (Å²) >= 11 is 0. The van der Waals surface area contributed by atoms with E-state index in [4.69, 9.17) is 4.74 Å². The van der Waals surface area contributed by atoms with Gasteiger partial charge < -0.3 is 9.84 Å². The summed E-state index contributed by atoms with van der Waals surface area (Å²) in [6, 6.07) is 21.1. The Labute approximate surface area is 174 Å². The number of aryl methyl sites for hydroxylation is 1. The number of benzene rings is 3. The first-order valence-electron chi connectivity index (χ1n) is 9.67. The third-order valence-electron chi connectivity index (χ3n) is 4.83. The highest BCUT2D eigenvalue weighted by Gasteiger charge is 2.24. The SMILES string of the molecule is CCOC(=O)c1c(C)cc(-c2ccccc2)c(-n2cc(-c3ccccc3)nn2)c1O. The largest absolute Gasteiger partial charge is 0.505 e. The molecule has 0 amide bonds. The Morgan fingerprint density at radius 1 is 1.03 bits per heavy atom. The molecule has 0 fully saturated rings. The molecule has 0 unspecified atom stereocenters. The van der Waals surface area contributed by atoms with Gasteiger partial charge in [-0.2, -0.15) is 0 Å². The van der Waals surface area contributed by atoms with Gasteiger partial charge in [0.15, 0.2) is 5.75 Å². The van der Waals surface area contributed by atoms with E-state index < -0.39 is 5.97 Å². The highest BCUT2D eigenvalue weighted by Crippen LogP contribution is 2.38. The molecular weight excluding hydrogens is 378 g/mol. The summed E-state index contributed by atoms with van der Waals surface area (Å²) in [5.74, 6) is -0.756. The number of hydrogen-bond donors (Lipinski definition) is 1. The summed E-state index contributed by atoms with van der Waals surface area (Å²) in [4.78, 5) is 12.5. The lowest BCUT2D eigenvalue weighted by molar-refractivity contribution is 0.0522. The van der Waals surface area contributed by atoms with Crippen LogP contribution in [0.1, 0.15) is 22.8 Å². The minimum absolute atomic E-state index is 0.128. The second-order valence-electron chi connectivity index (χ2n) is 6.81. The Morgan fingerprint density at radius 2 is 1.67 bits per heavy atom. The van der Waals surface area contributed by atoms with Crippen LogP contribution in [0.15, 0.2) is 72.9 Å². The number of esters is 1. The van der Waals surface area contributed by atoms with Crippen LogP contribution in [0, 0.1) is 6.92 Å². The van der Waals surface area contributed by atoms with Gasteiger partial charge in [0.25, 0.3) is 0 Å². The van der Waals surface area contributed by atoms with Crippen LogP contribution in [0.3, 0.4) is 0 Å². The fourth-order valence-corrected chi connectivity index (χ4v) is 3.43. The zero-order valence-corrected chi connectivity index (χ0v) is 16.7. The maximum atomic E-state index is 12.5. The third-order valence-corrected chi connectivity index (χ3v) is 4.83. The second-order valence-corrected chi connectivity index (χ2v) is 6.81. The third kappa shape index (κ3) is 3.55. The molecule has 30 heavy (non-hydrogen) atoms. The highest BCUT2D eigenvalue weighted by molar-refractivity contribution is 5.98. The van der Waals surface area contributed by atoms with E-state index in [2.05, 4.69) is 10.3 Å². The van der Waals surface area contributed by atoms with Gasteiger partial charge in [0, 0.05) is 11.1 Å². The number of hydrogen-bond acceptors (Lipinski definition) is 5. The van der Waals surface area contributed by atoms with Crippen LogP contribution in [0.2, 0.25) is 0 Å². The molecule has 1 aromatic heterocycles. The number of carbonyl (C=O) groups excluding carboxylic acids is 1. The van der Waals surface area contributed by atoms with Gasteiger partial charge >= 0.3 is 5.97 Å². The molecule has 6 heteroatoms. The molecule has 0 bridgehead atoms. The van der Waals surface area contributed by atoms with E-state index in [0.717, 1.165) is 16.7 Å². The fraction of sp³-hybridized carbons (Fsp3) is 0.125. The van der Waals surface area contributed by atoms with Crippen LogP contribution >= 0.6 is 0 Å². The van der Waals surface area contributed by atoms with Gasteiger partial charge in [-0.15, -0.1) is 5.10 Å². The summed E-state index contributed by atoms with van der Waals surface area (Å²) in [5.41, 5.74) is 4.32. The number of phenolic OH excluding ortho intramolecular Hbond substituents is 1. The molecule has 4 rings (SSSR count). The van der Waals surface area contributed by atoms with Crippen molar-refractivity contribution >= 4 is 5.97 Å². The molecule has 0 spiro atoms. The van der Waals surface area contributed by atoms with Gasteiger partial charge in [-0.3, -0.25) is 0 Å². The summed E-state index contributed by atoms with van der Waals surface area (Å²) in [7, 11) is 0. The number of ether oxygens (including phenoxy) is 1. The Kier molecular flexibility index (Phi) is 5.30. The number of carbonyl (C=O) groups is 1. The van der Waals surface area contributed by atoms with E-state index in [0.29, 0.717) is 16.9 Å². The zero-order valence-electron chi connectivity index (χ0n) is 16.7. The van der Waals surface area contributed by atoms with Crippen molar-refractivity contribution in [2.45, 2.75) is 13.8 Å². The van der Waals surface area contributed by atoms with E-state index in [9.17, 15) is 9.90 Å². The minimum Gasteiger partial charge on any atom is -0.505 e. The molecule has 1 N–H and O–H groups in total. The Bertz CT molecular complexity index is 1190. The molecule has 150 valence electrons. The smallest absolute Gasteiger partial charge is 0.342 e. The Balaban J connectivity index is 1.94. The Hall–Kier alpha value is -3.93. The van der Waals surface area contributed by atoms with Gasteiger partial charge in [-0.1, -0.05) is 65.9 Å². The van der Waals surface area contributed by atoms with E-state index in [1.807, 2.05) is 66.7 Å². The van der Waals surface area contributed by atoms with E-state index >= 15 is 0 Å². The first kappa shape index (κ1) is 19.4. The number of aromatic nitrogens is 3. The normalized spacial score (nSPS) is 10.7. The molecular formula is C24H21N3O3. The van der Waals surface area contributed by atoms with Crippen molar-refractivity contribution in [1.82, 2.24) is 15.0 Å². The van der Waals surface area contributed by atoms with Crippen molar-refractivity contribution in [2.24, 2.45) is 0 Å². The molecule has 0 aliphatic heterocycles. The summed E-state index contributed by atoms with van der Waals surface area (Å²) in [6.07, 6.45) is 1.74. The molecule has 0 aliphatic carbocycles. The van der Waals surface area contributed by atoms with Gasteiger partial charge in [0.05, 0.1) is 12.8 Å². The van der Waals surface area contributed by atoms with Crippen LogP contribution in [0.5, 0.6) is 5.75 Å². The molecule has 1 heterocycles. The molecule has 0 atom stereocenters. The lowest BCUT2D eigenvalue weighted by atomic mass is 9.96. The van der Waals surface area contributed by atoms with Gasteiger partial charge in [-0.25, -0.2) is 9.48 Å². The van der Waals surface area contributed by atoms with Crippen LogP contribution in [0.4, 0.5) is 0 Å². The monoisotopic (exact) mass is 399 g/mol. The van der Waals surface area contributed by atoms with Crippen molar-refractivity contribution in [1.29, 1.82) is 0 Å². The topological polar surface area (TPSA) is 77.2 Å². The highest BCUT2D eigenvalue weighted by atomic mass is 16.5. The van der Waals surface area contributed by atoms with E-state index in [-0.39, 0.29) is 17.9 Å². The van der Waals surface area contributed by atoms with Crippen LogP contribution in [0.25, 0.3) is 28.1 Å². The first-order valence-corrected chi connectivity index (χ1v) is 9.67. The van der Waals surface area contributed by atoms with Crippen molar-refractivity contribution in [3.8, 4) is 33.8 Å². The predicted octanol–water partition coefficient (Wildman–Crippen LogP) is 4.79. The number of rotatable bonds is 5. The average Bonchev–Trinajstić information content (AvgIpc) is 3.24. The lowest BCUT2D eigenvalue weighted by Gasteiger charge is -2.16. The van der Waals surface area contributed by atoms with E-state index in [1.165, 1.54) is 4.68 Å². The average molecular weight is 399 g/mol. The molecule has 0 saturated heterocycles. The fourth-order valence-electron chi connectivity index (χ4n) is 3.43. The molecule has 6 nitrogen and oxygen atoms in total. The number of aromatic hydroxyl groups is 1. The van der Waals surface area contributed by atoms with Crippen LogP contribution in [-0.4, -0.2) is 32.7 Å². The molecule has 0 radical (unpaired) electrons. The summed E-state index contributed by atoms with van der Waals surface area (Å²) in [6.45, 7) is 3.72. The van der Waals surface area contributed by atoms with Crippen molar-refractivity contribution in [3.05, 3.63) is 84.1 Å². The maximum Gasteiger partial charge on any atom is 0.342 e. The molecule has 0 saturated carbocycles. The zero-order chi connectivity index (χ0) is 21.1. The quantitative estimate of drug-likeness (QED) is 0.488. The predicted molar refractivity (Wildman–Crippen MR) is 115 cm³/mol.